The fraction of sp³-hybridized carbons (Fsp3) is 0.562. The van der Waals surface area contributed by atoms with Crippen molar-refractivity contribution in [3.05, 3.63) is 39.4 Å². The Kier molecular flexibility index (Phi) is 6.49. The Morgan fingerprint density at radius 1 is 1.27 bits per heavy atom. The number of carbonyl (C=O) groups excluding carboxylic acids is 1. The van der Waals surface area contributed by atoms with E-state index in [9.17, 15) is 14.9 Å². The Balaban J connectivity index is 2.63. The van der Waals surface area contributed by atoms with Crippen molar-refractivity contribution in [1.29, 1.82) is 0 Å². The van der Waals surface area contributed by atoms with Crippen molar-refractivity contribution in [1.82, 2.24) is 10.2 Å². The molecule has 0 aromatic heterocycles. The molecule has 22 heavy (non-hydrogen) atoms. The van der Waals surface area contributed by atoms with Gasteiger partial charge in [-0.2, -0.15) is 0 Å². The lowest BCUT2D eigenvalue weighted by Gasteiger charge is -2.30. The van der Waals surface area contributed by atoms with Crippen LogP contribution < -0.4 is 5.32 Å². The van der Waals surface area contributed by atoms with Gasteiger partial charge >= 0.3 is 0 Å². The molecule has 122 valence electrons. The second-order valence-corrected chi connectivity index (χ2v) is 5.94. The summed E-state index contributed by atoms with van der Waals surface area (Å²) >= 11 is 0. The van der Waals surface area contributed by atoms with E-state index in [0.29, 0.717) is 29.8 Å². The van der Waals surface area contributed by atoms with Gasteiger partial charge in [-0.3, -0.25) is 19.8 Å². The topological polar surface area (TPSA) is 75.5 Å². The molecular formula is C16H25N3O3. The highest BCUT2D eigenvalue weighted by Crippen LogP contribution is 2.18. The molecule has 0 saturated carbocycles. The van der Waals surface area contributed by atoms with Gasteiger partial charge in [0.25, 0.3) is 11.6 Å². The molecule has 0 radical (unpaired) electrons. The molecule has 1 rings (SSSR count). The Morgan fingerprint density at radius 2 is 1.86 bits per heavy atom. The number of nitro benzene ring substituents is 1. The fourth-order valence-electron chi connectivity index (χ4n) is 2.51. The van der Waals surface area contributed by atoms with Gasteiger partial charge in [0, 0.05) is 42.4 Å². The van der Waals surface area contributed by atoms with Crippen molar-refractivity contribution in [2.75, 3.05) is 13.1 Å². The summed E-state index contributed by atoms with van der Waals surface area (Å²) < 4.78 is 0. The van der Waals surface area contributed by atoms with Crippen LogP contribution in [-0.4, -0.2) is 40.9 Å². The number of hydrogen-bond donors (Lipinski definition) is 1. The molecule has 0 unspecified atom stereocenters. The zero-order valence-electron chi connectivity index (χ0n) is 13.9. The summed E-state index contributed by atoms with van der Waals surface area (Å²) in [6.45, 7) is 11.5. The lowest BCUT2D eigenvalue weighted by Crippen LogP contribution is -2.42. The third-order valence-corrected chi connectivity index (χ3v) is 3.64. The van der Waals surface area contributed by atoms with Gasteiger partial charge < -0.3 is 5.32 Å². The third kappa shape index (κ3) is 4.80. The van der Waals surface area contributed by atoms with E-state index in [1.165, 1.54) is 12.1 Å². The first-order valence-electron chi connectivity index (χ1n) is 7.53. The highest BCUT2D eigenvalue weighted by molar-refractivity contribution is 5.94. The van der Waals surface area contributed by atoms with Crippen LogP contribution >= 0.6 is 0 Å². The molecule has 6 heteroatoms. The Labute approximate surface area is 131 Å². The quantitative estimate of drug-likeness (QED) is 0.621. The Bertz CT molecular complexity index is 533. The van der Waals surface area contributed by atoms with Crippen LogP contribution in [0.2, 0.25) is 0 Å². The maximum absolute atomic E-state index is 12.1. The molecule has 1 aromatic carbocycles. The molecule has 6 nitrogen and oxygen atoms in total. The molecular weight excluding hydrogens is 282 g/mol. The summed E-state index contributed by atoms with van der Waals surface area (Å²) in [6, 6.07) is 5.25. The number of benzene rings is 1. The minimum Gasteiger partial charge on any atom is -0.351 e. The second kappa shape index (κ2) is 7.89. The molecule has 0 aliphatic rings. The monoisotopic (exact) mass is 307 g/mol. The van der Waals surface area contributed by atoms with Crippen LogP contribution in [0.3, 0.4) is 0 Å². The van der Waals surface area contributed by atoms with E-state index in [4.69, 9.17) is 0 Å². The lowest BCUT2D eigenvalue weighted by molar-refractivity contribution is -0.385. The molecule has 0 aliphatic heterocycles. The number of carbonyl (C=O) groups is 1. The largest absolute Gasteiger partial charge is 0.351 e. The summed E-state index contributed by atoms with van der Waals surface area (Å²) in [5.41, 5.74) is 0.967. The van der Waals surface area contributed by atoms with Gasteiger partial charge in [0.2, 0.25) is 0 Å². The zero-order valence-corrected chi connectivity index (χ0v) is 13.9. The fourth-order valence-corrected chi connectivity index (χ4v) is 2.51. The van der Waals surface area contributed by atoms with Crippen LogP contribution in [0.15, 0.2) is 18.2 Å². The van der Waals surface area contributed by atoms with Crippen LogP contribution in [0.5, 0.6) is 0 Å². The van der Waals surface area contributed by atoms with Crippen molar-refractivity contribution in [3.63, 3.8) is 0 Å². The molecule has 0 spiro atoms. The Morgan fingerprint density at radius 3 is 2.32 bits per heavy atom. The van der Waals surface area contributed by atoms with Crippen LogP contribution in [-0.2, 0) is 0 Å². The SMILES string of the molecule is Cc1cc(C(=O)NCCN(C(C)C)C(C)C)ccc1[N+](=O)[O-]. The van der Waals surface area contributed by atoms with Gasteiger partial charge in [-0.05, 0) is 46.8 Å². The number of aryl methyl sites for hydroxylation is 1. The first-order chi connectivity index (χ1) is 10.2. The molecule has 0 atom stereocenters. The van der Waals surface area contributed by atoms with E-state index in [-0.39, 0.29) is 11.6 Å². The van der Waals surface area contributed by atoms with Crippen molar-refractivity contribution in [3.8, 4) is 0 Å². The predicted molar refractivity (Wildman–Crippen MR) is 87.1 cm³/mol. The van der Waals surface area contributed by atoms with Gasteiger partial charge in [-0.25, -0.2) is 0 Å². The van der Waals surface area contributed by atoms with Crippen LogP contribution in [0.25, 0.3) is 0 Å². The number of rotatable bonds is 7. The Hall–Kier alpha value is -1.95. The summed E-state index contributed by atoms with van der Waals surface area (Å²) in [5.74, 6) is -0.203. The van der Waals surface area contributed by atoms with Gasteiger partial charge in [0.1, 0.15) is 0 Å². The summed E-state index contributed by atoms with van der Waals surface area (Å²) in [6.07, 6.45) is 0. The average Bonchev–Trinajstić information content (AvgIpc) is 2.41. The van der Waals surface area contributed by atoms with E-state index in [0.717, 1.165) is 6.54 Å². The summed E-state index contributed by atoms with van der Waals surface area (Å²) in [5, 5.41) is 13.6. The van der Waals surface area contributed by atoms with E-state index in [1.54, 1.807) is 13.0 Å². The maximum Gasteiger partial charge on any atom is 0.272 e. The van der Waals surface area contributed by atoms with Gasteiger partial charge in [-0.15, -0.1) is 0 Å². The highest BCUT2D eigenvalue weighted by atomic mass is 16.6. The van der Waals surface area contributed by atoms with Crippen LogP contribution in [0.1, 0.15) is 43.6 Å². The lowest BCUT2D eigenvalue weighted by atomic mass is 10.1. The zero-order chi connectivity index (χ0) is 16.9. The van der Waals surface area contributed by atoms with E-state index in [1.807, 2.05) is 0 Å². The first kappa shape index (κ1) is 18.1. The normalized spacial score (nSPS) is 11.3. The summed E-state index contributed by atoms with van der Waals surface area (Å²) in [4.78, 5) is 24.7. The molecule has 1 aromatic rings. The van der Waals surface area contributed by atoms with Crippen molar-refractivity contribution >= 4 is 11.6 Å². The first-order valence-corrected chi connectivity index (χ1v) is 7.53. The van der Waals surface area contributed by atoms with Gasteiger partial charge in [-0.1, -0.05) is 0 Å². The molecule has 0 aliphatic carbocycles. The van der Waals surface area contributed by atoms with Gasteiger partial charge in [0.05, 0.1) is 4.92 Å². The van der Waals surface area contributed by atoms with Crippen molar-refractivity contribution in [2.45, 2.75) is 46.7 Å². The minimum absolute atomic E-state index is 0.0299. The molecule has 0 heterocycles. The smallest absolute Gasteiger partial charge is 0.272 e. The molecule has 1 amide bonds. The average molecular weight is 307 g/mol. The van der Waals surface area contributed by atoms with E-state index >= 15 is 0 Å². The molecule has 0 saturated heterocycles. The number of nitrogens with one attached hydrogen (secondary N) is 1. The number of amides is 1. The van der Waals surface area contributed by atoms with Crippen LogP contribution in [0, 0.1) is 17.0 Å². The van der Waals surface area contributed by atoms with Crippen molar-refractivity contribution in [2.24, 2.45) is 0 Å². The number of hydrogen-bond acceptors (Lipinski definition) is 4. The third-order valence-electron chi connectivity index (χ3n) is 3.64. The van der Waals surface area contributed by atoms with E-state index in [2.05, 4.69) is 37.9 Å². The minimum atomic E-state index is -0.444. The summed E-state index contributed by atoms with van der Waals surface area (Å²) in [7, 11) is 0. The van der Waals surface area contributed by atoms with Gasteiger partial charge in [0.15, 0.2) is 0 Å². The number of nitrogens with zero attached hydrogens (tertiary/aromatic N) is 2. The standard InChI is InChI=1S/C16H25N3O3/c1-11(2)18(12(3)4)9-8-17-16(20)14-6-7-15(19(21)22)13(5)10-14/h6-7,10-12H,8-9H2,1-5H3,(H,17,20). The predicted octanol–water partition coefficient (Wildman–Crippen LogP) is 2.75. The number of nitro groups is 1. The molecule has 1 N–H and O–H groups in total. The molecule has 0 fully saturated rings. The second-order valence-electron chi connectivity index (χ2n) is 5.94. The van der Waals surface area contributed by atoms with E-state index < -0.39 is 4.92 Å². The van der Waals surface area contributed by atoms with Crippen molar-refractivity contribution < 1.29 is 9.72 Å². The highest BCUT2D eigenvalue weighted by Gasteiger charge is 2.15. The molecule has 0 bridgehead atoms. The van der Waals surface area contributed by atoms with Crippen LogP contribution in [0.4, 0.5) is 5.69 Å². The maximum atomic E-state index is 12.1.